The van der Waals surface area contributed by atoms with Crippen LogP contribution in [0.3, 0.4) is 0 Å². The molecule has 5 nitrogen and oxygen atoms in total. The minimum Gasteiger partial charge on any atom is -0.385 e. The van der Waals surface area contributed by atoms with Crippen LogP contribution in [-0.2, 0) is 11.3 Å². The standard InChI is InChI=1S/C14H21BrN4O/c1-14(2,4-5-20-3)10-16-6-11-7-18-13-8-17-12(15)9-19(11)13/h7-9,16H,4-6,10H2,1-3H3. The molecule has 0 aliphatic heterocycles. The zero-order valence-electron chi connectivity index (χ0n) is 12.2. The number of fused-ring (bicyclic) bond motifs is 1. The third-order valence-electron chi connectivity index (χ3n) is 3.33. The lowest BCUT2D eigenvalue weighted by atomic mass is 9.90. The number of methoxy groups -OCH3 is 1. The van der Waals surface area contributed by atoms with E-state index in [1.54, 1.807) is 13.3 Å². The van der Waals surface area contributed by atoms with Gasteiger partial charge in [0.15, 0.2) is 5.65 Å². The lowest BCUT2D eigenvalue weighted by Crippen LogP contribution is -2.30. The monoisotopic (exact) mass is 340 g/mol. The van der Waals surface area contributed by atoms with Crippen molar-refractivity contribution in [3.8, 4) is 0 Å². The van der Waals surface area contributed by atoms with Gasteiger partial charge in [0.25, 0.3) is 0 Å². The summed E-state index contributed by atoms with van der Waals surface area (Å²) in [6, 6.07) is 0. The molecular formula is C14H21BrN4O. The number of nitrogens with zero attached hydrogens (tertiary/aromatic N) is 3. The first-order chi connectivity index (χ1) is 9.52. The zero-order chi connectivity index (χ0) is 14.6. The van der Waals surface area contributed by atoms with Crippen LogP contribution in [0.15, 0.2) is 23.2 Å². The van der Waals surface area contributed by atoms with Gasteiger partial charge in [0, 0.05) is 33.0 Å². The summed E-state index contributed by atoms with van der Waals surface area (Å²) in [5, 5.41) is 3.50. The molecule has 0 bridgehead atoms. The summed E-state index contributed by atoms with van der Waals surface area (Å²) in [5.41, 5.74) is 2.22. The molecule has 0 fully saturated rings. The molecule has 0 aromatic carbocycles. The maximum absolute atomic E-state index is 5.15. The highest BCUT2D eigenvalue weighted by Gasteiger charge is 2.17. The van der Waals surface area contributed by atoms with Crippen LogP contribution in [0.1, 0.15) is 26.0 Å². The van der Waals surface area contributed by atoms with Crippen molar-refractivity contribution in [3.05, 3.63) is 28.9 Å². The zero-order valence-corrected chi connectivity index (χ0v) is 13.8. The number of ether oxygens (including phenoxy) is 1. The smallest absolute Gasteiger partial charge is 0.155 e. The van der Waals surface area contributed by atoms with Crippen LogP contribution >= 0.6 is 15.9 Å². The van der Waals surface area contributed by atoms with Crippen molar-refractivity contribution in [2.24, 2.45) is 5.41 Å². The van der Waals surface area contributed by atoms with Gasteiger partial charge >= 0.3 is 0 Å². The molecule has 1 N–H and O–H groups in total. The quantitative estimate of drug-likeness (QED) is 0.841. The summed E-state index contributed by atoms with van der Waals surface area (Å²) < 4.78 is 8.00. The van der Waals surface area contributed by atoms with Gasteiger partial charge < -0.3 is 10.1 Å². The van der Waals surface area contributed by atoms with Crippen LogP contribution < -0.4 is 5.32 Å². The number of imidazole rings is 1. The third kappa shape index (κ3) is 4.01. The summed E-state index contributed by atoms with van der Waals surface area (Å²) in [6.07, 6.45) is 6.63. The second-order valence-electron chi connectivity index (χ2n) is 5.70. The molecule has 0 atom stereocenters. The highest BCUT2D eigenvalue weighted by Crippen LogP contribution is 2.19. The SMILES string of the molecule is COCCC(C)(C)CNCc1cnc2cnc(Br)cn12. The molecule has 110 valence electrons. The average molecular weight is 341 g/mol. The van der Waals surface area contributed by atoms with Crippen LogP contribution in [0, 0.1) is 5.41 Å². The highest BCUT2D eigenvalue weighted by molar-refractivity contribution is 9.10. The lowest BCUT2D eigenvalue weighted by Gasteiger charge is -2.24. The van der Waals surface area contributed by atoms with E-state index in [0.29, 0.717) is 0 Å². The highest BCUT2D eigenvalue weighted by atomic mass is 79.9. The molecule has 0 aliphatic rings. The van der Waals surface area contributed by atoms with E-state index in [1.165, 1.54) is 0 Å². The normalized spacial score (nSPS) is 12.2. The molecule has 0 radical (unpaired) electrons. The van der Waals surface area contributed by atoms with E-state index < -0.39 is 0 Å². The van der Waals surface area contributed by atoms with Crippen molar-refractivity contribution in [2.75, 3.05) is 20.3 Å². The molecule has 0 spiro atoms. The lowest BCUT2D eigenvalue weighted by molar-refractivity contribution is 0.150. The average Bonchev–Trinajstić information content (AvgIpc) is 2.79. The van der Waals surface area contributed by atoms with E-state index in [0.717, 1.165) is 42.1 Å². The second kappa shape index (κ2) is 6.65. The predicted molar refractivity (Wildman–Crippen MR) is 82.7 cm³/mol. The van der Waals surface area contributed by atoms with Gasteiger partial charge in [0.1, 0.15) is 4.60 Å². The van der Waals surface area contributed by atoms with Gasteiger partial charge in [0.05, 0.1) is 18.1 Å². The van der Waals surface area contributed by atoms with Crippen LogP contribution in [-0.4, -0.2) is 34.6 Å². The molecule has 2 aromatic heterocycles. The van der Waals surface area contributed by atoms with Crippen LogP contribution in [0.4, 0.5) is 0 Å². The summed E-state index contributed by atoms with van der Waals surface area (Å²) in [6.45, 7) is 7.01. The molecule has 6 heteroatoms. The second-order valence-corrected chi connectivity index (χ2v) is 6.51. The van der Waals surface area contributed by atoms with Crippen LogP contribution in [0.2, 0.25) is 0 Å². The molecule has 0 saturated heterocycles. The summed E-state index contributed by atoms with van der Waals surface area (Å²) in [4.78, 5) is 8.52. The van der Waals surface area contributed by atoms with Gasteiger partial charge in [-0.1, -0.05) is 13.8 Å². The van der Waals surface area contributed by atoms with E-state index in [-0.39, 0.29) is 5.41 Å². The van der Waals surface area contributed by atoms with E-state index in [4.69, 9.17) is 4.74 Å². The van der Waals surface area contributed by atoms with Crippen molar-refractivity contribution < 1.29 is 4.74 Å². The molecule has 2 heterocycles. The van der Waals surface area contributed by atoms with Gasteiger partial charge in [-0.15, -0.1) is 0 Å². The summed E-state index contributed by atoms with van der Waals surface area (Å²) in [7, 11) is 1.74. The van der Waals surface area contributed by atoms with Gasteiger partial charge in [-0.2, -0.15) is 0 Å². The van der Waals surface area contributed by atoms with Crippen LogP contribution in [0.25, 0.3) is 5.65 Å². The molecule has 0 aliphatic carbocycles. The van der Waals surface area contributed by atoms with E-state index in [9.17, 15) is 0 Å². The number of aromatic nitrogens is 3. The number of hydrogen-bond donors (Lipinski definition) is 1. The van der Waals surface area contributed by atoms with Crippen molar-refractivity contribution >= 4 is 21.6 Å². The first-order valence-corrected chi connectivity index (χ1v) is 7.48. The largest absolute Gasteiger partial charge is 0.385 e. The van der Waals surface area contributed by atoms with Gasteiger partial charge in [-0.05, 0) is 27.8 Å². The third-order valence-corrected chi connectivity index (χ3v) is 3.74. The van der Waals surface area contributed by atoms with Crippen molar-refractivity contribution in [1.82, 2.24) is 19.7 Å². The maximum atomic E-state index is 5.15. The minimum absolute atomic E-state index is 0.221. The Morgan fingerprint density at radius 3 is 2.90 bits per heavy atom. The van der Waals surface area contributed by atoms with Crippen molar-refractivity contribution in [2.45, 2.75) is 26.8 Å². The molecule has 20 heavy (non-hydrogen) atoms. The molecule has 2 rings (SSSR count). The molecule has 0 unspecified atom stereocenters. The Hall–Kier alpha value is -0.980. The first kappa shape index (κ1) is 15.4. The van der Waals surface area contributed by atoms with Gasteiger partial charge in [-0.3, -0.25) is 4.40 Å². The fourth-order valence-electron chi connectivity index (χ4n) is 2.04. The Kier molecular flexibility index (Phi) is 5.12. The number of nitrogens with one attached hydrogen (secondary N) is 1. The number of hydrogen-bond acceptors (Lipinski definition) is 4. The fraction of sp³-hybridized carbons (Fsp3) is 0.571. The Bertz CT molecular complexity index is 567. The van der Waals surface area contributed by atoms with Crippen molar-refractivity contribution in [3.63, 3.8) is 0 Å². The van der Waals surface area contributed by atoms with Crippen LogP contribution in [0.5, 0.6) is 0 Å². The van der Waals surface area contributed by atoms with Crippen molar-refractivity contribution in [1.29, 1.82) is 0 Å². The van der Waals surface area contributed by atoms with E-state index in [1.807, 2.05) is 16.8 Å². The first-order valence-electron chi connectivity index (χ1n) is 6.69. The predicted octanol–water partition coefficient (Wildman–Crippen LogP) is 2.64. The van der Waals surface area contributed by atoms with Gasteiger partial charge in [-0.25, -0.2) is 9.97 Å². The Morgan fingerprint density at radius 2 is 2.15 bits per heavy atom. The Morgan fingerprint density at radius 1 is 1.35 bits per heavy atom. The molecule has 0 saturated carbocycles. The Labute approximate surface area is 127 Å². The fourth-order valence-corrected chi connectivity index (χ4v) is 2.35. The summed E-state index contributed by atoms with van der Waals surface area (Å²) in [5.74, 6) is 0. The Balaban J connectivity index is 1.94. The van der Waals surface area contributed by atoms with Gasteiger partial charge in [0.2, 0.25) is 0 Å². The molecular weight excluding hydrogens is 320 g/mol. The number of halogens is 1. The molecule has 2 aromatic rings. The van der Waals surface area contributed by atoms with E-state index in [2.05, 4.69) is 45.1 Å². The summed E-state index contributed by atoms with van der Waals surface area (Å²) >= 11 is 3.39. The topological polar surface area (TPSA) is 51.5 Å². The maximum Gasteiger partial charge on any atom is 0.155 e. The van der Waals surface area contributed by atoms with E-state index >= 15 is 0 Å². The number of rotatable bonds is 7. The minimum atomic E-state index is 0.221. The molecule has 0 amide bonds.